The van der Waals surface area contributed by atoms with Gasteiger partial charge in [-0.15, -0.1) is 4.99 Å². The number of aryl methyl sites for hydroxylation is 1. The highest BCUT2D eigenvalue weighted by Crippen LogP contribution is 2.33. The van der Waals surface area contributed by atoms with Crippen LogP contribution in [0.25, 0.3) is 38.8 Å². The lowest BCUT2D eigenvalue weighted by molar-refractivity contribution is 0.400. The molecule has 0 aliphatic rings. The highest BCUT2D eigenvalue weighted by Gasteiger charge is 2.21. The quantitative estimate of drug-likeness (QED) is 0.303. The molecule has 5 rings (SSSR count). The minimum atomic E-state index is -3.57. The van der Waals surface area contributed by atoms with Gasteiger partial charge in [-0.25, -0.2) is 13.4 Å². The molecular weight excluding hydrogens is 540 g/mol. The molecule has 41 heavy (non-hydrogen) atoms. The maximum atomic E-state index is 11.9. The van der Waals surface area contributed by atoms with E-state index in [1.807, 2.05) is 74.1 Å². The number of pyridine rings is 2. The molecule has 0 saturated carbocycles. The molecule has 0 saturated heterocycles. The first kappa shape index (κ1) is 27.4. The van der Waals surface area contributed by atoms with Gasteiger partial charge in [0.25, 0.3) is 0 Å². The van der Waals surface area contributed by atoms with Gasteiger partial charge in [0, 0.05) is 29.9 Å². The first-order chi connectivity index (χ1) is 19.5. The Morgan fingerprint density at radius 3 is 2.39 bits per heavy atom. The van der Waals surface area contributed by atoms with E-state index in [1.165, 1.54) is 7.11 Å². The Morgan fingerprint density at radius 2 is 1.76 bits per heavy atom. The Kier molecular flexibility index (Phi) is 6.73. The van der Waals surface area contributed by atoms with Gasteiger partial charge in [0.05, 0.1) is 47.6 Å². The fraction of sp³-hybridized carbons (Fsp3) is 0.207. The number of hydrogen-bond donors (Lipinski definition) is 1. The Labute approximate surface area is 236 Å². The fourth-order valence-corrected chi connectivity index (χ4v) is 5.28. The predicted octanol–water partition coefficient (Wildman–Crippen LogP) is 4.14. The molecule has 0 fully saturated rings. The number of aromatic nitrogens is 4. The molecule has 0 aliphatic heterocycles. The van der Waals surface area contributed by atoms with Gasteiger partial charge in [0.2, 0.25) is 27.7 Å². The molecular formula is C29H26N8O3S. The van der Waals surface area contributed by atoms with Crippen LogP contribution in [0, 0.1) is 22.8 Å². The maximum Gasteiger partial charge on any atom is 0.238 e. The average molecular weight is 567 g/mol. The van der Waals surface area contributed by atoms with Crippen LogP contribution in [0.4, 0.5) is 5.69 Å². The van der Waals surface area contributed by atoms with Crippen molar-refractivity contribution >= 4 is 37.6 Å². The number of rotatable bonds is 6. The molecule has 1 N–H and O–H groups in total. The largest absolute Gasteiger partial charge is 0.480 e. The van der Waals surface area contributed by atoms with Gasteiger partial charge >= 0.3 is 0 Å². The molecule has 2 aromatic carbocycles. The Morgan fingerprint density at radius 1 is 1.02 bits per heavy atom. The van der Waals surface area contributed by atoms with E-state index in [9.17, 15) is 18.9 Å². The normalized spacial score (nSPS) is 12.3. The second kappa shape index (κ2) is 10.1. The van der Waals surface area contributed by atoms with Crippen LogP contribution in [-0.4, -0.2) is 40.9 Å². The second-order valence-corrected chi connectivity index (χ2v) is 11.8. The Hall–Kier alpha value is -5.20. The van der Waals surface area contributed by atoms with Crippen LogP contribution in [0.5, 0.6) is 5.88 Å². The number of nitriles is 2. The molecule has 0 unspecified atom stereocenters. The molecule has 0 radical (unpaired) electrons. The molecule has 0 amide bonds. The number of methoxy groups -OCH3 is 1. The summed E-state index contributed by atoms with van der Waals surface area (Å²) >= 11 is 0. The van der Waals surface area contributed by atoms with Gasteiger partial charge in [-0.2, -0.15) is 10.5 Å². The van der Waals surface area contributed by atoms with E-state index >= 15 is 0 Å². The van der Waals surface area contributed by atoms with Crippen LogP contribution in [-0.2, 0) is 22.5 Å². The van der Waals surface area contributed by atoms with Gasteiger partial charge < -0.3 is 9.30 Å². The minimum Gasteiger partial charge on any atom is -0.480 e. The lowest BCUT2D eigenvalue weighted by Gasteiger charge is -2.16. The first-order valence-electron chi connectivity index (χ1n) is 12.4. The lowest BCUT2D eigenvalue weighted by Crippen LogP contribution is -2.23. The summed E-state index contributed by atoms with van der Waals surface area (Å²) in [5.41, 5.74) is 5.23. The predicted molar refractivity (Wildman–Crippen MR) is 156 cm³/mol. The number of nitrogens with zero attached hydrogens (tertiary/aromatic N) is 7. The topological polar surface area (TPSA) is 151 Å². The summed E-state index contributed by atoms with van der Waals surface area (Å²) < 4.78 is 35.3. The van der Waals surface area contributed by atoms with Gasteiger partial charge in [-0.05, 0) is 55.3 Å². The molecule has 12 heteroatoms. The Balaban J connectivity index is 1.79. The molecule has 0 atom stereocenters. The molecule has 3 heterocycles. The first-order valence-corrected chi connectivity index (χ1v) is 14.3. The van der Waals surface area contributed by atoms with Crippen molar-refractivity contribution < 1.29 is 13.2 Å². The van der Waals surface area contributed by atoms with E-state index in [0.29, 0.717) is 16.7 Å². The summed E-state index contributed by atoms with van der Waals surface area (Å²) in [5.74, 6) is 0.149. The fourth-order valence-electron chi connectivity index (χ4n) is 4.74. The number of fused-ring (bicyclic) bond motifs is 3. The van der Waals surface area contributed by atoms with Crippen molar-refractivity contribution in [3.8, 4) is 35.0 Å². The van der Waals surface area contributed by atoms with Crippen LogP contribution in [0.15, 0.2) is 65.9 Å². The number of ether oxygens (including phenoxy) is 1. The van der Waals surface area contributed by atoms with Gasteiger partial charge in [-0.3, -0.25) is 14.3 Å². The van der Waals surface area contributed by atoms with E-state index in [4.69, 9.17) is 4.74 Å². The Bertz CT molecular complexity index is 2100. The highest BCUT2D eigenvalue weighted by atomic mass is 32.2. The van der Waals surface area contributed by atoms with E-state index in [0.717, 1.165) is 39.5 Å². The van der Waals surface area contributed by atoms with Gasteiger partial charge in [-0.1, -0.05) is 18.2 Å². The third-order valence-electron chi connectivity index (χ3n) is 6.86. The number of sulfonamides is 1. The zero-order valence-corrected chi connectivity index (χ0v) is 23.9. The smallest absolute Gasteiger partial charge is 0.238 e. The van der Waals surface area contributed by atoms with Crippen LogP contribution in [0.1, 0.15) is 19.4 Å². The molecule has 0 aliphatic carbocycles. The summed E-state index contributed by atoms with van der Waals surface area (Å²) in [6, 6.07) is 17.3. The monoisotopic (exact) mass is 566 g/mol. The zero-order valence-electron chi connectivity index (χ0n) is 23.0. The van der Waals surface area contributed by atoms with Crippen molar-refractivity contribution in [2.24, 2.45) is 12.0 Å². The zero-order chi connectivity index (χ0) is 29.5. The summed E-state index contributed by atoms with van der Waals surface area (Å²) in [5, 5.41) is 19.9. The summed E-state index contributed by atoms with van der Waals surface area (Å²) in [6.45, 7) is 3.71. The van der Waals surface area contributed by atoms with Crippen LogP contribution in [0.2, 0.25) is 0 Å². The molecule has 0 bridgehead atoms. The molecule has 5 aromatic rings. The number of nitrogens with one attached hydrogen (secondary N) is 1. The van der Waals surface area contributed by atoms with Crippen molar-refractivity contribution in [1.29, 1.82) is 10.5 Å². The molecule has 206 valence electrons. The average Bonchev–Trinajstić information content (AvgIpc) is 3.23. The van der Waals surface area contributed by atoms with Gasteiger partial charge in [0.1, 0.15) is 5.69 Å². The minimum absolute atomic E-state index is 0.149. The van der Waals surface area contributed by atoms with Crippen molar-refractivity contribution in [1.82, 2.24) is 19.1 Å². The van der Waals surface area contributed by atoms with Gasteiger partial charge in [0.15, 0.2) is 0 Å². The number of benzene rings is 2. The summed E-state index contributed by atoms with van der Waals surface area (Å²) in [7, 11) is -0.339. The summed E-state index contributed by atoms with van der Waals surface area (Å²) in [4.78, 5) is 13.1. The SMILES string of the molecule is COc1ncc(-c2ccc3ncc4c(c3c2)n(-c2ccc(C(C)(C)C#N)cc2)c(=NC#N)n4C)cc1NS(C)(=O)=O. The number of anilines is 1. The van der Waals surface area contributed by atoms with E-state index < -0.39 is 15.4 Å². The van der Waals surface area contributed by atoms with E-state index in [1.54, 1.807) is 23.0 Å². The van der Waals surface area contributed by atoms with E-state index in [2.05, 4.69) is 25.8 Å². The second-order valence-electron chi connectivity index (χ2n) is 10.1. The van der Waals surface area contributed by atoms with E-state index in [-0.39, 0.29) is 11.6 Å². The number of hydrogen-bond acceptors (Lipinski definition) is 8. The van der Waals surface area contributed by atoms with Crippen LogP contribution < -0.4 is 15.1 Å². The maximum absolute atomic E-state index is 11.9. The standard InChI is InChI=1S/C29H26N8O3S/c1-29(2,16-30)20-7-9-21(10-8-20)37-26-22-12-18(19-13-24(35-41(5,38)39)27(40-4)33-14-19)6-11-23(22)32-15-25(26)36(3)28(37)34-17-31/h6-15,35H,1-5H3. The summed E-state index contributed by atoms with van der Waals surface area (Å²) in [6.07, 6.45) is 6.30. The van der Waals surface area contributed by atoms with Crippen LogP contribution >= 0.6 is 0 Å². The van der Waals surface area contributed by atoms with Crippen molar-refractivity contribution in [3.05, 3.63) is 72.1 Å². The number of imidazole rings is 1. The third kappa shape index (κ3) is 4.97. The molecule has 11 nitrogen and oxygen atoms in total. The molecule has 3 aromatic heterocycles. The third-order valence-corrected chi connectivity index (χ3v) is 7.45. The van der Waals surface area contributed by atoms with Crippen molar-refractivity contribution in [2.45, 2.75) is 19.3 Å². The highest BCUT2D eigenvalue weighted by molar-refractivity contribution is 7.92. The van der Waals surface area contributed by atoms with Crippen LogP contribution in [0.3, 0.4) is 0 Å². The van der Waals surface area contributed by atoms with Crippen molar-refractivity contribution in [3.63, 3.8) is 0 Å². The molecule has 0 spiro atoms. The lowest BCUT2D eigenvalue weighted by atomic mass is 9.86. The van der Waals surface area contributed by atoms with Crippen molar-refractivity contribution in [2.75, 3.05) is 18.1 Å².